The topological polar surface area (TPSA) is 56.8 Å². The number of halogens is 1. The van der Waals surface area contributed by atoms with Crippen LogP contribution >= 0.6 is 12.4 Å². The summed E-state index contributed by atoms with van der Waals surface area (Å²) < 4.78 is 0. The van der Waals surface area contributed by atoms with Crippen molar-refractivity contribution in [2.24, 2.45) is 0 Å². The van der Waals surface area contributed by atoms with Crippen LogP contribution < -0.4 is 0 Å². The maximum absolute atomic E-state index is 12.8. The third-order valence-electron chi connectivity index (χ3n) is 4.97. The predicted molar refractivity (Wildman–Crippen MR) is 98.6 cm³/mol. The Kier molecular flexibility index (Phi) is 7.20. The molecule has 0 radical (unpaired) electrons. The van der Waals surface area contributed by atoms with Gasteiger partial charge in [-0.25, -0.2) is 0 Å². The zero-order valence-electron chi connectivity index (χ0n) is 14.8. The highest BCUT2D eigenvalue weighted by Crippen LogP contribution is 2.16. The third kappa shape index (κ3) is 5.16. The molecule has 0 saturated carbocycles. The minimum atomic E-state index is 0. The molecule has 0 aromatic carbocycles. The normalized spacial score (nSPS) is 21.1. The molecule has 0 bridgehead atoms. The van der Waals surface area contributed by atoms with Crippen molar-refractivity contribution in [3.8, 4) is 0 Å². The summed E-state index contributed by atoms with van der Waals surface area (Å²) in [4.78, 5) is 35.0. The standard InChI is InChI=1S/C18H26N4O2.ClH/c1-15(23)21-10-11-22(17(14-21)13-20-8-4-5-9-20)18(24)12-16-6-2-3-7-19-16;/h2-3,6-7,17H,4-5,8-14H2,1H3;1H/t17-;/m0./s1. The van der Waals surface area contributed by atoms with Crippen molar-refractivity contribution in [1.29, 1.82) is 0 Å². The van der Waals surface area contributed by atoms with Gasteiger partial charge in [0.15, 0.2) is 0 Å². The van der Waals surface area contributed by atoms with E-state index in [4.69, 9.17) is 0 Å². The van der Waals surface area contributed by atoms with Crippen LogP contribution in [0.15, 0.2) is 24.4 Å². The van der Waals surface area contributed by atoms with E-state index in [0.29, 0.717) is 26.1 Å². The minimum absolute atomic E-state index is 0. The van der Waals surface area contributed by atoms with E-state index in [1.807, 2.05) is 28.0 Å². The highest BCUT2D eigenvalue weighted by molar-refractivity contribution is 5.85. The number of pyridine rings is 1. The predicted octanol–water partition coefficient (Wildman–Crippen LogP) is 1.20. The minimum Gasteiger partial charge on any atom is -0.339 e. The molecule has 0 N–H and O–H groups in total. The summed E-state index contributed by atoms with van der Waals surface area (Å²) in [6.07, 6.45) is 4.51. The molecule has 2 amide bonds. The van der Waals surface area contributed by atoms with Crippen LogP contribution in [0, 0.1) is 0 Å². The highest BCUT2D eigenvalue weighted by atomic mass is 35.5. The molecule has 7 heteroatoms. The molecular weight excluding hydrogens is 340 g/mol. The molecule has 1 aromatic rings. The van der Waals surface area contributed by atoms with Crippen LogP contribution in [0.4, 0.5) is 0 Å². The van der Waals surface area contributed by atoms with Crippen LogP contribution in [-0.4, -0.2) is 76.8 Å². The van der Waals surface area contributed by atoms with Crippen molar-refractivity contribution in [2.45, 2.75) is 32.2 Å². The fraction of sp³-hybridized carbons (Fsp3) is 0.611. The lowest BCUT2D eigenvalue weighted by Crippen LogP contribution is -2.59. The van der Waals surface area contributed by atoms with Crippen LogP contribution in [0.5, 0.6) is 0 Å². The summed E-state index contributed by atoms with van der Waals surface area (Å²) in [7, 11) is 0. The van der Waals surface area contributed by atoms with Gasteiger partial charge in [0, 0.05) is 45.0 Å². The maximum atomic E-state index is 12.8. The third-order valence-corrected chi connectivity index (χ3v) is 4.97. The molecule has 138 valence electrons. The van der Waals surface area contributed by atoms with E-state index in [1.165, 1.54) is 12.8 Å². The Morgan fingerprint density at radius 1 is 1.16 bits per heavy atom. The van der Waals surface area contributed by atoms with E-state index < -0.39 is 0 Å². The lowest BCUT2D eigenvalue weighted by Gasteiger charge is -2.42. The molecule has 3 rings (SSSR count). The number of piperazine rings is 1. The number of rotatable bonds is 4. The van der Waals surface area contributed by atoms with E-state index >= 15 is 0 Å². The van der Waals surface area contributed by atoms with Crippen molar-refractivity contribution in [3.63, 3.8) is 0 Å². The van der Waals surface area contributed by atoms with Crippen LogP contribution in [-0.2, 0) is 16.0 Å². The van der Waals surface area contributed by atoms with Crippen LogP contribution in [0.25, 0.3) is 0 Å². The smallest absolute Gasteiger partial charge is 0.229 e. The first-order valence-electron chi connectivity index (χ1n) is 8.81. The molecule has 2 saturated heterocycles. The number of nitrogens with zero attached hydrogens (tertiary/aromatic N) is 4. The lowest BCUT2D eigenvalue weighted by atomic mass is 10.1. The van der Waals surface area contributed by atoms with Crippen molar-refractivity contribution < 1.29 is 9.59 Å². The Labute approximate surface area is 155 Å². The van der Waals surface area contributed by atoms with Gasteiger partial charge >= 0.3 is 0 Å². The van der Waals surface area contributed by atoms with Gasteiger partial charge in [-0.1, -0.05) is 6.07 Å². The van der Waals surface area contributed by atoms with Gasteiger partial charge in [-0.15, -0.1) is 12.4 Å². The number of hydrogen-bond donors (Lipinski definition) is 0. The lowest BCUT2D eigenvalue weighted by molar-refractivity contribution is -0.142. The summed E-state index contributed by atoms with van der Waals surface area (Å²) in [5.74, 6) is 0.208. The van der Waals surface area contributed by atoms with Gasteiger partial charge in [-0.05, 0) is 38.1 Å². The summed E-state index contributed by atoms with van der Waals surface area (Å²) in [6, 6.07) is 5.73. The second kappa shape index (κ2) is 9.15. The highest BCUT2D eigenvalue weighted by Gasteiger charge is 2.33. The van der Waals surface area contributed by atoms with E-state index in [0.717, 1.165) is 25.3 Å². The van der Waals surface area contributed by atoms with Crippen LogP contribution in [0.2, 0.25) is 0 Å². The molecule has 3 heterocycles. The second-order valence-corrected chi connectivity index (χ2v) is 6.71. The Morgan fingerprint density at radius 3 is 2.56 bits per heavy atom. The molecule has 2 aliphatic heterocycles. The van der Waals surface area contributed by atoms with Crippen LogP contribution in [0.1, 0.15) is 25.5 Å². The van der Waals surface area contributed by atoms with Gasteiger partial charge in [0.25, 0.3) is 0 Å². The zero-order valence-corrected chi connectivity index (χ0v) is 15.6. The Morgan fingerprint density at radius 2 is 1.92 bits per heavy atom. The van der Waals surface area contributed by atoms with Gasteiger partial charge in [-0.2, -0.15) is 0 Å². The molecule has 2 aliphatic rings. The van der Waals surface area contributed by atoms with E-state index in [1.54, 1.807) is 13.1 Å². The molecule has 0 unspecified atom stereocenters. The summed E-state index contributed by atoms with van der Waals surface area (Å²) >= 11 is 0. The van der Waals surface area contributed by atoms with Crippen molar-refractivity contribution in [2.75, 3.05) is 39.3 Å². The quantitative estimate of drug-likeness (QED) is 0.803. The summed E-state index contributed by atoms with van der Waals surface area (Å²) in [5.41, 5.74) is 0.802. The largest absolute Gasteiger partial charge is 0.339 e. The Hall–Kier alpha value is -1.66. The average molecular weight is 367 g/mol. The van der Waals surface area contributed by atoms with Crippen LogP contribution in [0.3, 0.4) is 0 Å². The summed E-state index contributed by atoms with van der Waals surface area (Å²) in [6.45, 7) is 6.54. The first-order chi connectivity index (χ1) is 11.6. The fourth-order valence-electron chi connectivity index (χ4n) is 3.65. The van der Waals surface area contributed by atoms with Crippen molar-refractivity contribution in [1.82, 2.24) is 19.7 Å². The maximum Gasteiger partial charge on any atom is 0.229 e. The monoisotopic (exact) mass is 366 g/mol. The number of likely N-dealkylation sites (tertiary alicyclic amines) is 1. The first kappa shape index (κ1) is 19.7. The second-order valence-electron chi connectivity index (χ2n) is 6.71. The van der Waals surface area contributed by atoms with E-state index in [-0.39, 0.29) is 30.3 Å². The molecular formula is C18H27ClN4O2. The molecule has 0 spiro atoms. The van der Waals surface area contributed by atoms with Crippen molar-refractivity contribution >= 4 is 24.2 Å². The van der Waals surface area contributed by atoms with Gasteiger partial charge in [-0.3, -0.25) is 14.6 Å². The number of carbonyl (C=O) groups is 2. The Bertz CT molecular complexity index is 578. The van der Waals surface area contributed by atoms with Gasteiger partial charge in [0.2, 0.25) is 11.8 Å². The first-order valence-corrected chi connectivity index (χ1v) is 8.81. The number of aromatic nitrogens is 1. The molecule has 1 atom stereocenters. The SMILES string of the molecule is CC(=O)N1CCN(C(=O)Cc2ccccn2)[C@@H](CN2CCCC2)C1.Cl. The van der Waals surface area contributed by atoms with Crippen molar-refractivity contribution in [3.05, 3.63) is 30.1 Å². The molecule has 25 heavy (non-hydrogen) atoms. The number of amides is 2. The van der Waals surface area contributed by atoms with Gasteiger partial charge < -0.3 is 14.7 Å². The fourth-order valence-corrected chi connectivity index (χ4v) is 3.65. The molecule has 0 aliphatic carbocycles. The summed E-state index contributed by atoms with van der Waals surface area (Å²) in [5, 5.41) is 0. The molecule has 2 fully saturated rings. The zero-order chi connectivity index (χ0) is 16.9. The number of hydrogen-bond acceptors (Lipinski definition) is 4. The number of carbonyl (C=O) groups excluding carboxylic acids is 2. The van der Waals surface area contributed by atoms with Gasteiger partial charge in [0.05, 0.1) is 12.5 Å². The average Bonchev–Trinajstić information content (AvgIpc) is 3.08. The van der Waals surface area contributed by atoms with Gasteiger partial charge in [0.1, 0.15) is 0 Å². The Balaban J connectivity index is 0.00000225. The molecule has 6 nitrogen and oxygen atoms in total. The van der Waals surface area contributed by atoms with E-state index in [9.17, 15) is 9.59 Å². The van der Waals surface area contributed by atoms with E-state index in [2.05, 4.69) is 9.88 Å². The molecule has 1 aromatic heterocycles.